The van der Waals surface area contributed by atoms with E-state index >= 15 is 0 Å². The molecule has 0 saturated heterocycles. The molecule has 0 radical (unpaired) electrons. The highest BCUT2D eigenvalue weighted by molar-refractivity contribution is 5.85. The maximum absolute atomic E-state index is 11.0. The second kappa shape index (κ2) is 3.68. The molecule has 0 amide bonds. The lowest BCUT2D eigenvalue weighted by Gasteiger charge is -2.14. The normalized spacial score (nSPS) is 17.0. The first-order valence-electron chi connectivity index (χ1n) is 3.44. The molecular formula is C7H15NO2. The minimum Gasteiger partial charge on any atom is -0.391 e. The summed E-state index contributed by atoms with van der Waals surface area (Å²) in [5.41, 5.74) is 5.36. The van der Waals surface area contributed by atoms with Gasteiger partial charge in [-0.3, -0.25) is 4.79 Å². The molecule has 0 aliphatic rings. The van der Waals surface area contributed by atoms with Crippen LogP contribution in [0.3, 0.4) is 0 Å². The van der Waals surface area contributed by atoms with Crippen LogP contribution in [0, 0.1) is 5.92 Å². The summed E-state index contributed by atoms with van der Waals surface area (Å²) in [6.07, 6.45) is -0.741. The second-order valence-electron chi connectivity index (χ2n) is 2.82. The van der Waals surface area contributed by atoms with Crippen LogP contribution < -0.4 is 5.73 Å². The van der Waals surface area contributed by atoms with E-state index in [0.717, 1.165) is 0 Å². The Labute approximate surface area is 61.2 Å². The summed E-state index contributed by atoms with van der Waals surface area (Å²) in [5, 5.41) is 8.89. The van der Waals surface area contributed by atoms with Crippen molar-refractivity contribution in [3.63, 3.8) is 0 Å². The summed E-state index contributed by atoms with van der Waals surface area (Å²) in [7, 11) is 0. The Balaban J connectivity index is 3.95. The predicted octanol–water partition coefficient (Wildman–Crippen LogP) is -0.0804. The molecule has 1 unspecified atom stereocenters. The zero-order valence-corrected chi connectivity index (χ0v) is 6.66. The van der Waals surface area contributed by atoms with Gasteiger partial charge in [0.15, 0.2) is 5.78 Å². The van der Waals surface area contributed by atoms with E-state index in [0.29, 0.717) is 0 Å². The second-order valence-corrected chi connectivity index (χ2v) is 2.82. The van der Waals surface area contributed by atoms with Gasteiger partial charge in [0, 0.05) is 5.92 Å². The van der Waals surface area contributed by atoms with E-state index in [9.17, 15) is 4.79 Å². The van der Waals surface area contributed by atoms with Crippen LogP contribution in [0.25, 0.3) is 0 Å². The van der Waals surface area contributed by atoms with Crippen LogP contribution >= 0.6 is 0 Å². The molecule has 0 aliphatic heterocycles. The molecule has 0 saturated carbocycles. The van der Waals surface area contributed by atoms with E-state index in [4.69, 9.17) is 10.8 Å². The first-order valence-corrected chi connectivity index (χ1v) is 3.44. The summed E-state index contributed by atoms with van der Waals surface area (Å²) in [5.74, 6) is -0.181. The van der Waals surface area contributed by atoms with Crippen molar-refractivity contribution in [2.24, 2.45) is 11.7 Å². The average molecular weight is 145 g/mol. The fourth-order valence-corrected chi connectivity index (χ4v) is 0.623. The van der Waals surface area contributed by atoms with Crippen molar-refractivity contribution in [3.05, 3.63) is 0 Å². The Hall–Kier alpha value is -0.410. The molecule has 0 fully saturated rings. The Morgan fingerprint density at radius 3 is 1.90 bits per heavy atom. The lowest BCUT2D eigenvalue weighted by Crippen LogP contribution is -2.42. The van der Waals surface area contributed by atoms with Crippen molar-refractivity contribution in [1.82, 2.24) is 0 Å². The Bertz CT molecular complexity index is 121. The third kappa shape index (κ3) is 2.45. The Kier molecular flexibility index (Phi) is 3.53. The van der Waals surface area contributed by atoms with Gasteiger partial charge >= 0.3 is 0 Å². The molecule has 0 aromatic carbocycles. The van der Waals surface area contributed by atoms with Crippen molar-refractivity contribution in [3.8, 4) is 0 Å². The van der Waals surface area contributed by atoms with Crippen LogP contribution in [0.2, 0.25) is 0 Å². The number of ketones is 1. The quantitative estimate of drug-likeness (QED) is 0.584. The smallest absolute Gasteiger partial charge is 0.154 e. The maximum Gasteiger partial charge on any atom is 0.154 e. The molecule has 0 spiro atoms. The van der Waals surface area contributed by atoms with Gasteiger partial charge in [0.2, 0.25) is 0 Å². The zero-order valence-electron chi connectivity index (χ0n) is 6.66. The van der Waals surface area contributed by atoms with E-state index in [1.54, 1.807) is 13.8 Å². The highest BCUT2D eigenvalue weighted by Crippen LogP contribution is 2.00. The fourth-order valence-electron chi connectivity index (χ4n) is 0.623. The standard InChI is InChI=1S/C7H15NO2/c1-4(2)7(10)6(8)5(3)9/h4-6,9H,8H2,1-3H3/t5-,6?/m1/s1. The van der Waals surface area contributed by atoms with Crippen LogP contribution in [0.5, 0.6) is 0 Å². The molecule has 10 heavy (non-hydrogen) atoms. The minimum atomic E-state index is -0.741. The monoisotopic (exact) mass is 145 g/mol. The van der Waals surface area contributed by atoms with E-state index in [-0.39, 0.29) is 11.7 Å². The highest BCUT2D eigenvalue weighted by Gasteiger charge is 2.20. The molecule has 0 rings (SSSR count). The molecule has 3 nitrogen and oxygen atoms in total. The summed E-state index contributed by atoms with van der Waals surface area (Å²) in [4.78, 5) is 11.0. The molecule has 2 atom stereocenters. The molecule has 3 heteroatoms. The van der Waals surface area contributed by atoms with Crippen molar-refractivity contribution in [2.75, 3.05) is 0 Å². The lowest BCUT2D eigenvalue weighted by molar-refractivity contribution is -0.125. The van der Waals surface area contributed by atoms with Crippen LogP contribution in [0.4, 0.5) is 0 Å². The van der Waals surface area contributed by atoms with Gasteiger partial charge in [-0.15, -0.1) is 0 Å². The number of aliphatic hydroxyl groups is 1. The summed E-state index contributed by atoms with van der Waals surface area (Å²) >= 11 is 0. The summed E-state index contributed by atoms with van der Waals surface area (Å²) in [6, 6.07) is -0.722. The van der Waals surface area contributed by atoms with Gasteiger partial charge < -0.3 is 10.8 Å². The van der Waals surface area contributed by atoms with Crippen LogP contribution in [0.1, 0.15) is 20.8 Å². The molecule has 0 heterocycles. The van der Waals surface area contributed by atoms with Crippen molar-refractivity contribution < 1.29 is 9.90 Å². The number of carbonyl (C=O) groups excluding carboxylic acids is 1. The number of carbonyl (C=O) groups is 1. The van der Waals surface area contributed by atoms with Crippen molar-refractivity contribution in [2.45, 2.75) is 32.9 Å². The van der Waals surface area contributed by atoms with Gasteiger partial charge in [-0.2, -0.15) is 0 Å². The molecule has 0 aromatic heterocycles. The van der Waals surface area contributed by atoms with E-state index in [1.807, 2.05) is 0 Å². The summed E-state index contributed by atoms with van der Waals surface area (Å²) < 4.78 is 0. The van der Waals surface area contributed by atoms with Crippen LogP contribution in [0.15, 0.2) is 0 Å². The van der Waals surface area contributed by atoms with Crippen LogP contribution in [-0.2, 0) is 4.79 Å². The number of Topliss-reactive ketones (excluding diaryl/α,β-unsaturated/α-hetero) is 1. The third-order valence-electron chi connectivity index (χ3n) is 1.42. The van der Waals surface area contributed by atoms with E-state index in [1.165, 1.54) is 6.92 Å². The van der Waals surface area contributed by atoms with E-state index < -0.39 is 12.1 Å². The lowest BCUT2D eigenvalue weighted by atomic mass is 9.99. The molecule has 0 bridgehead atoms. The third-order valence-corrected chi connectivity index (χ3v) is 1.42. The van der Waals surface area contributed by atoms with Crippen molar-refractivity contribution >= 4 is 5.78 Å². The van der Waals surface area contributed by atoms with Gasteiger partial charge in [0.25, 0.3) is 0 Å². The number of aliphatic hydroxyl groups excluding tert-OH is 1. The average Bonchev–Trinajstić information content (AvgIpc) is 1.84. The first-order chi connectivity index (χ1) is 4.46. The molecule has 3 N–H and O–H groups in total. The topological polar surface area (TPSA) is 63.3 Å². The molecule has 0 aliphatic carbocycles. The zero-order chi connectivity index (χ0) is 8.31. The van der Waals surface area contributed by atoms with Gasteiger partial charge in [-0.05, 0) is 6.92 Å². The van der Waals surface area contributed by atoms with Crippen molar-refractivity contribution in [1.29, 1.82) is 0 Å². The van der Waals surface area contributed by atoms with Gasteiger partial charge in [-0.25, -0.2) is 0 Å². The van der Waals surface area contributed by atoms with Gasteiger partial charge in [0.1, 0.15) is 0 Å². The number of hydrogen-bond acceptors (Lipinski definition) is 3. The van der Waals surface area contributed by atoms with Gasteiger partial charge in [-0.1, -0.05) is 13.8 Å². The molecular weight excluding hydrogens is 130 g/mol. The highest BCUT2D eigenvalue weighted by atomic mass is 16.3. The SMILES string of the molecule is CC(C)C(=O)C(N)[C@@H](C)O. The minimum absolute atomic E-state index is 0.0880. The largest absolute Gasteiger partial charge is 0.391 e. The molecule has 60 valence electrons. The van der Waals surface area contributed by atoms with E-state index in [2.05, 4.69) is 0 Å². The number of nitrogens with two attached hydrogens (primary N) is 1. The fraction of sp³-hybridized carbons (Fsp3) is 0.857. The Morgan fingerprint density at radius 2 is 1.80 bits per heavy atom. The maximum atomic E-state index is 11.0. The van der Waals surface area contributed by atoms with Gasteiger partial charge in [0.05, 0.1) is 12.1 Å². The number of hydrogen-bond donors (Lipinski definition) is 2. The Morgan fingerprint density at radius 1 is 1.40 bits per heavy atom. The number of rotatable bonds is 3. The summed E-state index contributed by atoms with van der Waals surface area (Å²) in [6.45, 7) is 5.06. The van der Waals surface area contributed by atoms with Crippen LogP contribution in [-0.4, -0.2) is 23.0 Å². The molecule has 0 aromatic rings. The predicted molar refractivity (Wildman–Crippen MR) is 39.5 cm³/mol. The first kappa shape index (κ1) is 9.59.